The summed E-state index contributed by atoms with van der Waals surface area (Å²) >= 11 is 1.34. The molecule has 0 amide bonds. The number of nitrogens with one attached hydrogen (secondary N) is 1. The predicted octanol–water partition coefficient (Wildman–Crippen LogP) is 2.07. The molecule has 144 valence electrons. The van der Waals surface area contributed by atoms with E-state index in [1.54, 1.807) is 17.1 Å². The third kappa shape index (κ3) is 4.24. The van der Waals surface area contributed by atoms with Gasteiger partial charge in [0.05, 0.1) is 6.54 Å². The Morgan fingerprint density at radius 3 is 3.11 bits per heavy atom. The van der Waals surface area contributed by atoms with Crippen molar-refractivity contribution in [3.05, 3.63) is 42.5 Å². The molecule has 8 nitrogen and oxygen atoms in total. The van der Waals surface area contributed by atoms with E-state index in [1.165, 1.54) is 17.1 Å². The van der Waals surface area contributed by atoms with Crippen LogP contribution in [0.2, 0.25) is 0 Å². The Labute approximate surface area is 167 Å². The first-order chi connectivity index (χ1) is 13.8. The molecule has 2 aromatic heterocycles. The highest BCUT2D eigenvalue weighted by atomic mass is 32.1. The number of benzene rings is 1. The van der Waals surface area contributed by atoms with Crippen LogP contribution in [-0.2, 0) is 6.54 Å². The smallest absolute Gasteiger partial charge is 0.248 e. The maximum Gasteiger partial charge on any atom is 0.248 e. The Morgan fingerprint density at radius 2 is 2.25 bits per heavy atom. The molecule has 0 saturated carbocycles. The fraction of sp³-hybridized carbons (Fsp3) is 0.316. The summed E-state index contributed by atoms with van der Waals surface area (Å²) in [5.74, 6) is 4.93. The Bertz CT molecular complexity index is 950. The van der Waals surface area contributed by atoms with Crippen LogP contribution in [0, 0.1) is 12.3 Å². The number of hydrogen-bond donors (Lipinski definition) is 1. The molecule has 1 aliphatic rings. The second kappa shape index (κ2) is 8.73. The van der Waals surface area contributed by atoms with Crippen molar-refractivity contribution >= 4 is 16.7 Å². The molecular weight excluding hydrogens is 376 g/mol. The van der Waals surface area contributed by atoms with Gasteiger partial charge in [-0.15, -0.1) is 6.42 Å². The van der Waals surface area contributed by atoms with E-state index in [4.69, 9.17) is 15.9 Å². The van der Waals surface area contributed by atoms with Crippen molar-refractivity contribution < 1.29 is 9.47 Å². The normalized spacial score (nSPS) is 12.1. The molecule has 3 heterocycles. The highest BCUT2D eigenvalue weighted by molar-refractivity contribution is 7.09. The third-order valence-electron chi connectivity index (χ3n) is 4.24. The topological polar surface area (TPSA) is 77.3 Å². The van der Waals surface area contributed by atoms with Crippen LogP contribution in [0.3, 0.4) is 0 Å². The molecule has 0 atom stereocenters. The van der Waals surface area contributed by atoms with E-state index in [1.807, 2.05) is 24.4 Å². The number of aromatic nitrogens is 4. The minimum absolute atomic E-state index is 0.297. The van der Waals surface area contributed by atoms with Crippen molar-refractivity contribution in [2.45, 2.75) is 13.0 Å². The summed E-state index contributed by atoms with van der Waals surface area (Å²) in [6.45, 7) is 3.24. The van der Waals surface area contributed by atoms with E-state index in [-0.39, 0.29) is 0 Å². The molecule has 1 aromatic carbocycles. The first-order valence-corrected chi connectivity index (χ1v) is 9.70. The number of imidazole rings is 1. The molecule has 0 bridgehead atoms. The molecule has 3 aromatic rings. The second-order valence-corrected chi connectivity index (χ2v) is 6.92. The second-order valence-electron chi connectivity index (χ2n) is 6.19. The Kier molecular flexibility index (Phi) is 5.70. The Morgan fingerprint density at radius 1 is 1.32 bits per heavy atom. The zero-order valence-corrected chi connectivity index (χ0v) is 16.1. The van der Waals surface area contributed by atoms with Gasteiger partial charge in [-0.25, -0.2) is 4.98 Å². The van der Waals surface area contributed by atoms with Gasteiger partial charge in [-0.1, -0.05) is 12.0 Å². The van der Waals surface area contributed by atoms with Gasteiger partial charge in [0.15, 0.2) is 11.5 Å². The van der Waals surface area contributed by atoms with E-state index in [9.17, 15) is 0 Å². The quantitative estimate of drug-likeness (QED) is 0.438. The van der Waals surface area contributed by atoms with Crippen molar-refractivity contribution in [1.82, 2.24) is 24.2 Å². The summed E-state index contributed by atoms with van der Waals surface area (Å²) < 4.78 is 16.9. The fourth-order valence-corrected chi connectivity index (χ4v) is 3.54. The maximum atomic E-state index is 5.53. The van der Waals surface area contributed by atoms with E-state index >= 15 is 0 Å². The monoisotopic (exact) mass is 396 g/mol. The van der Waals surface area contributed by atoms with Crippen LogP contribution in [0.4, 0.5) is 5.13 Å². The fourth-order valence-electron chi connectivity index (χ4n) is 2.85. The number of anilines is 1. The van der Waals surface area contributed by atoms with Gasteiger partial charge < -0.3 is 19.7 Å². The number of terminal acetylenes is 1. The van der Waals surface area contributed by atoms with Crippen LogP contribution < -0.4 is 19.7 Å². The van der Waals surface area contributed by atoms with Crippen molar-refractivity contribution in [2.24, 2.45) is 0 Å². The molecule has 1 aliphatic heterocycles. The van der Waals surface area contributed by atoms with Crippen LogP contribution in [0.25, 0.3) is 5.95 Å². The zero-order chi connectivity index (χ0) is 19.2. The highest BCUT2D eigenvalue weighted by Gasteiger charge is 2.14. The van der Waals surface area contributed by atoms with Gasteiger partial charge in [0.25, 0.3) is 0 Å². The first-order valence-electron chi connectivity index (χ1n) is 8.93. The molecular formula is C19H20N6O2S. The van der Waals surface area contributed by atoms with Gasteiger partial charge in [-0.3, -0.25) is 4.57 Å². The average molecular weight is 396 g/mol. The minimum atomic E-state index is 0.297. The molecule has 0 fully saturated rings. The van der Waals surface area contributed by atoms with Gasteiger partial charge in [0.1, 0.15) is 6.33 Å². The van der Waals surface area contributed by atoms with E-state index in [0.29, 0.717) is 19.3 Å². The van der Waals surface area contributed by atoms with E-state index in [2.05, 4.69) is 30.5 Å². The summed E-state index contributed by atoms with van der Waals surface area (Å²) in [6, 6.07) is 6.00. The van der Waals surface area contributed by atoms with Crippen LogP contribution in [0.1, 0.15) is 12.0 Å². The summed E-state index contributed by atoms with van der Waals surface area (Å²) in [7, 11) is 0. The van der Waals surface area contributed by atoms with Gasteiger partial charge >= 0.3 is 0 Å². The predicted molar refractivity (Wildman–Crippen MR) is 107 cm³/mol. The largest absolute Gasteiger partial charge is 0.454 e. The number of ether oxygens (including phenoxy) is 2. The lowest BCUT2D eigenvalue weighted by Crippen LogP contribution is -2.27. The summed E-state index contributed by atoms with van der Waals surface area (Å²) in [6.07, 6.45) is 11.7. The summed E-state index contributed by atoms with van der Waals surface area (Å²) in [5.41, 5.74) is 1.17. The van der Waals surface area contributed by atoms with Crippen LogP contribution in [0.5, 0.6) is 11.5 Å². The number of nitrogens with zero attached hydrogens (tertiary/aromatic N) is 5. The number of fused-ring (bicyclic) bond motifs is 1. The SMILES string of the molecule is C#CCN(CCCNCc1ccc2c(c1)OCO2)c1nc(-n2ccnc2)ns1. The van der Waals surface area contributed by atoms with E-state index in [0.717, 1.165) is 42.7 Å². The molecule has 28 heavy (non-hydrogen) atoms. The molecule has 9 heteroatoms. The Balaban J connectivity index is 1.26. The molecule has 0 radical (unpaired) electrons. The number of hydrogen-bond acceptors (Lipinski definition) is 8. The summed E-state index contributed by atoms with van der Waals surface area (Å²) in [4.78, 5) is 10.7. The molecule has 4 rings (SSSR count). The van der Waals surface area contributed by atoms with Crippen molar-refractivity contribution in [2.75, 3.05) is 31.3 Å². The molecule has 0 spiro atoms. The number of rotatable bonds is 9. The Hall–Kier alpha value is -3.09. The van der Waals surface area contributed by atoms with Gasteiger partial charge in [0.2, 0.25) is 17.9 Å². The van der Waals surface area contributed by atoms with Crippen LogP contribution >= 0.6 is 11.5 Å². The standard InChI is InChI=1S/C19H20N6O2S/c1-2-8-24(19-22-18(23-28-19)25-10-7-21-13-25)9-3-6-20-12-15-4-5-16-17(11-15)27-14-26-16/h1,4-5,7,10-11,13,20H,3,6,8-9,12,14H2. The molecule has 0 unspecified atom stereocenters. The average Bonchev–Trinajstić information content (AvgIpc) is 3.47. The first kappa shape index (κ1) is 18.3. The maximum absolute atomic E-state index is 5.53. The molecule has 0 aliphatic carbocycles. The third-order valence-corrected chi connectivity index (χ3v) is 5.01. The zero-order valence-electron chi connectivity index (χ0n) is 15.2. The van der Waals surface area contributed by atoms with Crippen molar-refractivity contribution in [3.8, 4) is 29.8 Å². The van der Waals surface area contributed by atoms with Crippen LogP contribution in [-0.4, -0.2) is 45.3 Å². The molecule has 0 saturated heterocycles. The van der Waals surface area contributed by atoms with E-state index < -0.39 is 0 Å². The highest BCUT2D eigenvalue weighted by Crippen LogP contribution is 2.32. The van der Waals surface area contributed by atoms with Crippen molar-refractivity contribution in [1.29, 1.82) is 0 Å². The lowest BCUT2D eigenvalue weighted by molar-refractivity contribution is 0.174. The molecule has 1 N–H and O–H groups in total. The lowest BCUT2D eigenvalue weighted by Gasteiger charge is -2.18. The minimum Gasteiger partial charge on any atom is -0.454 e. The van der Waals surface area contributed by atoms with Gasteiger partial charge in [-0.2, -0.15) is 9.36 Å². The van der Waals surface area contributed by atoms with Crippen LogP contribution in [0.15, 0.2) is 36.9 Å². The lowest BCUT2D eigenvalue weighted by atomic mass is 10.2. The summed E-state index contributed by atoms with van der Waals surface area (Å²) in [5, 5.41) is 4.27. The van der Waals surface area contributed by atoms with Gasteiger partial charge in [0, 0.05) is 37.0 Å². The van der Waals surface area contributed by atoms with Gasteiger partial charge in [-0.05, 0) is 30.7 Å². The van der Waals surface area contributed by atoms with Crippen molar-refractivity contribution in [3.63, 3.8) is 0 Å².